The van der Waals surface area contributed by atoms with Gasteiger partial charge in [0, 0.05) is 18.7 Å². The molecule has 6 heteroatoms. The van der Waals surface area contributed by atoms with E-state index in [-0.39, 0.29) is 11.8 Å². The Labute approximate surface area is 165 Å². The van der Waals surface area contributed by atoms with Gasteiger partial charge in [-0.05, 0) is 42.4 Å². The summed E-state index contributed by atoms with van der Waals surface area (Å²) in [5, 5.41) is 15.2. The van der Waals surface area contributed by atoms with Gasteiger partial charge in [-0.1, -0.05) is 43.5 Å². The topological polar surface area (TPSA) is 82.1 Å². The van der Waals surface area contributed by atoms with E-state index < -0.39 is 6.04 Å². The van der Waals surface area contributed by atoms with Crippen LogP contribution in [0.5, 0.6) is 0 Å². The van der Waals surface area contributed by atoms with E-state index in [0.29, 0.717) is 22.0 Å². The molecule has 144 valence electrons. The number of halogens is 1. The Balaban J connectivity index is 1.69. The zero-order valence-electron chi connectivity index (χ0n) is 15.7. The molecule has 1 fully saturated rings. The Morgan fingerprint density at radius 1 is 1.22 bits per heavy atom. The largest absolute Gasteiger partial charge is 0.618 e. The van der Waals surface area contributed by atoms with Crippen molar-refractivity contribution in [2.24, 2.45) is 17.6 Å². The number of anilines is 1. The van der Waals surface area contributed by atoms with Crippen molar-refractivity contribution >= 4 is 23.2 Å². The Hall–Kier alpha value is -2.11. The first-order chi connectivity index (χ1) is 12.9. The molecule has 3 rings (SSSR count). The fourth-order valence-corrected chi connectivity index (χ4v) is 4.07. The lowest BCUT2D eigenvalue weighted by molar-refractivity contribution is -0.611. The van der Waals surface area contributed by atoms with Crippen molar-refractivity contribution in [2.45, 2.75) is 45.6 Å². The summed E-state index contributed by atoms with van der Waals surface area (Å²) in [4.78, 5) is 12.5. The van der Waals surface area contributed by atoms with Crippen LogP contribution in [0.2, 0.25) is 5.02 Å². The van der Waals surface area contributed by atoms with E-state index in [4.69, 9.17) is 17.3 Å². The summed E-state index contributed by atoms with van der Waals surface area (Å²) in [6.07, 6.45) is 5.68. The van der Waals surface area contributed by atoms with E-state index in [1.807, 2.05) is 12.1 Å². The van der Waals surface area contributed by atoms with Crippen LogP contribution in [0.4, 0.5) is 5.69 Å². The van der Waals surface area contributed by atoms with Gasteiger partial charge < -0.3 is 16.3 Å². The Kier molecular flexibility index (Phi) is 6.02. The molecule has 2 aromatic rings. The summed E-state index contributed by atoms with van der Waals surface area (Å²) in [6.45, 7) is 3.98. The monoisotopic (exact) mass is 387 g/mol. The number of aromatic nitrogens is 1. The van der Waals surface area contributed by atoms with Crippen molar-refractivity contribution in [3.63, 3.8) is 0 Å². The second-order valence-corrected chi connectivity index (χ2v) is 7.97. The number of hydrogen-bond acceptors (Lipinski definition) is 3. The minimum atomic E-state index is -0.484. The van der Waals surface area contributed by atoms with Gasteiger partial charge in [0.1, 0.15) is 0 Å². The van der Waals surface area contributed by atoms with E-state index in [1.54, 1.807) is 25.1 Å². The number of amides is 1. The molecular formula is C21H26ClN3O2. The van der Waals surface area contributed by atoms with Gasteiger partial charge in [0.25, 0.3) is 0 Å². The molecular weight excluding hydrogens is 362 g/mol. The number of benzene rings is 1. The normalized spacial score (nSPS) is 20.9. The SMILES string of the molecule is Cc1c(-c2ccc(NC(=O)[C@@H](N)C3CCC(C)CC3)cc2)c(Cl)cc[n+]1[O-]. The lowest BCUT2D eigenvalue weighted by atomic mass is 9.79. The van der Waals surface area contributed by atoms with E-state index in [0.717, 1.165) is 41.9 Å². The average molecular weight is 388 g/mol. The first kappa shape index (κ1) is 19.6. The van der Waals surface area contributed by atoms with Gasteiger partial charge in [-0.2, -0.15) is 4.73 Å². The number of nitrogens with two attached hydrogens (primary N) is 1. The van der Waals surface area contributed by atoms with E-state index >= 15 is 0 Å². The van der Waals surface area contributed by atoms with Crippen LogP contribution in [0, 0.1) is 24.0 Å². The molecule has 0 aliphatic heterocycles. The van der Waals surface area contributed by atoms with E-state index in [1.165, 1.54) is 6.20 Å². The number of nitrogens with zero attached hydrogens (tertiary/aromatic N) is 1. The van der Waals surface area contributed by atoms with E-state index in [9.17, 15) is 10.0 Å². The van der Waals surface area contributed by atoms with Gasteiger partial charge in [0.15, 0.2) is 11.9 Å². The molecule has 3 N–H and O–H groups in total. The summed E-state index contributed by atoms with van der Waals surface area (Å²) in [7, 11) is 0. The summed E-state index contributed by atoms with van der Waals surface area (Å²) < 4.78 is 0.793. The molecule has 1 aliphatic carbocycles. The maximum absolute atomic E-state index is 12.5. The summed E-state index contributed by atoms with van der Waals surface area (Å²) in [5.41, 5.74) is 8.93. The minimum Gasteiger partial charge on any atom is -0.618 e. The molecule has 1 heterocycles. The summed E-state index contributed by atoms with van der Waals surface area (Å²) in [6, 6.07) is 8.40. The first-order valence-electron chi connectivity index (χ1n) is 9.42. The molecule has 1 aromatic carbocycles. The first-order valence-corrected chi connectivity index (χ1v) is 9.79. The zero-order chi connectivity index (χ0) is 19.6. The number of nitrogens with one attached hydrogen (secondary N) is 1. The van der Waals surface area contributed by atoms with Crippen molar-refractivity contribution in [1.29, 1.82) is 0 Å². The molecule has 5 nitrogen and oxygen atoms in total. The molecule has 0 saturated heterocycles. The van der Waals surface area contributed by atoms with Gasteiger partial charge in [-0.15, -0.1) is 0 Å². The van der Waals surface area contributed by atoms with Crippen LogP contribution in [0.3, 0.4) is 0 Å². The van der Waals surface area contributed by atoms with Crippen molar-refractivity contribution in [1.82, 2.24) is 0 Å². The predicted octanol–water partition coefficient (Wildman–Crippen LogP) is 4.04. The van der Waals surface area contributed by atoms with E-state index in [2.05, 4.69) is 12.2 Å². The van der Waals surface area contributed by atoms with Gasteiger partial charge in [0.05, 0.1) is 16.6 Å². The lowest BCUT2D eigenvalue weighted by Crippen LogP contribution is -2.43. The van der Waals surface area contributed by atoms with Crippen LogP contribution in [-0.4, -0.2) is 11.9 Å². The maximum Gasteiger partial charge on any atom is 0.241 e. The standard InChI is InChI=1S/C21H26ClN3O2/c1-13-3-5-16(6-4-13)20(23)21(26)24-17-9-7-15(8-10-17)19-14(2)25(27)12-11-18(19)22/h7-13,16,20H,3-6,23H2,1-2H3,(H,24,26)/t13?,16?,20-/m0/s1. The summed E-state index contributed by atoms with van der Waals surface area (Å²) >= 11 is 6.26. The fourth-order valence-electron chi connectivity index (χ4n) is 3.76. The molecule has 27 heavy (non-hydrogen) atoms. The molecule has 1 atom stereocenters. The number of carbonyl (C=O) groups excluding carboxylic acids is 1. The fraction of sp³-hybridized carbons (Fsp3) is 0.429. The quantitative estimate of drug-likeness (QED) is 0.613. The van der Waals surface area contributed by atoms with Crippen LogP contribution >= 0.6 is 11.6 Å². The average Bonchev–Trinajstić information content (AvgIpc) is 2.66. The Morgan fingerprint density at radius 2 is 1.85 bits per heavy atom. The third kappa shape index (κ3) is 4.42. The number of rotatable bonds is 4. The molecule has 1 aliphatic rings. The molecule has 1 amide bonds. The van der Waals surface area contributed by atoms with Crippen LogP contribution in [-0.2, 0) is 4.79 Å². The Morgan fingerprint density at radius 3 is 2.48 bits per heavy atom. The van der Waals surface area contributed by atoms with Crippen molar-refractivity contribution < 1.29 is 9.52 Å². The number of hydrogen-bond donors (Lipinski definition) is 2. The van der Waals surface area contributed by atoms with Gasteiger partial charge in [-0.25, -0.2) is 0 Å². The number of carbonyl (C=O) groups is 1. The van der Waals surface area contributed by atoms with Gasteiger partial charge in [-0.3, -0.25) is 4.79 Å². The highest BCUT2D eigenvalue weighted by molar-refractivity contribution is 6.33. The number of pyridine rings is 1. The smallest absolute Gasteiger partial charge is 0.241 e. The summed E-state index contributed by atoms with van der Waals surface area (Å²) in [5.74, 6) is 0.831. The molecule has 0 spiro atoms. The minimum absolute atomic E-state index is 0.145. The van der Waals surface area contributed by atoms with Gasteiger partial charge in [0.2, 0.25) is 5.91 Å². The van der Waals surface area contributed by atoms with Crippen LogP contribution < -0.4 is 15.8 Å². The van der Waals surface area contributed by atoms with Crippen LogP contribution in [0.15, 0.2) is 36.5 Å². The lowest BCUT2D eigenvalue weighted by Gasteiger charge is -2.29. The molecule has 0 radical (unpaired) electrons. The highest BCUT2D eigenvalue weighted by Gasteiger charge is 2.28. The van der Waals surface area contributed by atoms with Crippen LogP contribution in [0.25, 0.3) is 11.1 Å². The zero-order valence-corrected chi connectivity index (χ0v) is 16.5. The molecule has 0 bridgehead atoms. The van der Waals surface area contributed by atoms with Gasteiger partial charge >= 0.3 is 0 Å². The highest BCUT2D eigenvalue weighted by atomic mass is 35.5. The maximum atomic E-state index is 12.5. The predicted molar refractivity (Wildman–Crippen MR) is 108 cm³/mol. The molecule has 1 saturated carbocycles. The third-order valence-corrected chi connectivity index (χ3v) is 5.91. The second-order valence-electron chi connectivity index (χ2n) is 7.56. The third-order valence-electron chi connectivity index (χ3n) is 5.60. The molecule has 1 aromatic heterocycles. The van der Waals surface area contributed by atoms with Crippen molar-refractivity contribution in [3.05, 3.63) is 52.5 Å². The Bertz CT molecular complexity index is 815. The second kappa shape index (κ2) is 8.28. The van der Waals surface area contributed by atoms with Crippen LogP contribution in [0.1, 0.15) is 38.3 Å². The molecule has 0 unspecified atom stereocenters. The van der Waals surface area contributed by atoms with Crippen molar-refractivity contribution in [3.8, 4) is 11.1 Å². The van der Waals surface area contributed by atoms with Crippen molar-refractivity contribution in [2.75, 3.05) is 5.32 Å². The highest BCUT2D eigenvalue weighted by Crippen LogP contribution is 2.31.